The van der Waals surface area contributed by atoms with E-state index in [2.05, 4.69) is 17.1 Å². The lowest BCUT2D eigenvalue weighted by Gasteiger charge is -2.30. The molecule has 0 saturated heterocycles. The van der Waals surface area contributed by atoms with Gasteiger partial charge in [0, 0.05) is 12.8 Å². The second-order valence-corrected chi connectivity index (χ2v) is 7.80. The molecule has 3 N–H and O–H groups in total. The van der Waals surface area contributed by atoms with Gasteiger partial charge in [-0.2, -0.15) is 0 Å². The van der Waals surface area contributed by atoms with Crippen molar-refractivity contribution in [2.45, 2.75) is 31.0 Å². The van der Waals surface area contributed by atoms with Gasteiger partial charge in [0.15, 0.2) is 12.1 Å². The molecule has 6 nitrogen and oxygen atoms in total. The number of nitrogens with one attached hydrogen (secondary N) is 1. The lowest BCUT2D eigenvalue weighted by molar-refractivity contribution is -0.483. The lowest BCUT2D eigenvalue weighted by Crippen LogP contribution is -2.85. The van der Waals surface area contributed by atoms with Crippen molar-refractivity contribution in [2.75, 3.05) is 5.73 Å². The number of hydrogen-bond acceptors (Lipinski definition) is 4. The maximum absolute atomic E-state index is 13.7. The molecule has 156 valence electrons. The van der Waals surface area contributed by atoms with Crippen molar-refractivity contribution in [3.05, 3.63) is 89.6 Å². The number of carbonyl (C=O) groups excluding carboxylic acids is 1. The summed E-state index contributed by atoms with van der Waals surface area (Å²) in [5.74, 6) is 0.810. The summed E-state index contributed by atoms with van der Waals surface area (Å²) in [4.78, 5) is 23.3. The Morgan fingerprint density at radius 2 is 1.94 bits per heavy atom. The summed E-state index contributed by atoms with van der Waals surface area (Å²) < 4.78 is 19.2. The highest BCUT2D eigenvalue weighted by molar-refractivity contribution is 6.10. The molecule has 2 aromatic carbocycles. The van der Waals surface area contributed by atoms with Gasteiger partial charge in [0.25, 0.3) is 5.91 Å². The summed E-state index contributed by atoms with van der Waals surface area (Å²) in [7, 11) is 0. The van der Waals surface area contributed by atoms with E-state index in [0.29, 0.717) is 24.4 Å². The summed E-state index contributed by atoms with van der Waals surface area (Å²) in [6, 6.07) is 17.1. The summed E-state index contributed by atoms with van der Waals surface area (Å²) in [6.07, 6.45) is 4.53. The third kappa shape index (κ3) is 3.63. The Balaban J connectivity index is 1.51. The highest BCUT2D eigenvalue weighted by Gasteiger charge is 2.47. The maximum Gasteiger partial charge on any atom is 0.254 e. The van der Waals surface area contributed by atoms with E-state index < -0.39 is 17.9 Å². The molecular formula is C24H22FN4O2+. The van der Waals surface area contributed by atoms with Crippen LogP contribution in [0.3, 0.4) is 0 Å². The van der Waals surface area contributed by atoms with Gasteiger partial charge in [0.1, 0.15) is 23.7 Å². The fourth-order valence-electron chi connectivity index (χ4n) is 4.19. The molecule has 5 rings (SSSR count). The van der Waals surface area contributed by atoms with E-state index in [9.17, 15) is 9.18 Å². The number of carbonyl (C=O) groups is 1. The Morgan fingerprint density at radius 1 is 1.10 bits per heavy atom. The molecule has 0 bridgehead atoms. The third-order valence-electron chi connectivity index (χ3n) is 5.72. The molecule has 1 aromatic heterocycles. The predicted molar refractivity (Wildman–Crippen MR) is 115 cm³/mol. The summed E-state index contributed by atoms with van der Waals surface area (Å²) in [5.41, 5.74) is 7.71. The van der Waals surface area contributed by atoms with Crippen molar-refractivity contribution < 1.29 is 18.6 Å². The van der Waals surface area contributed by atoms with Crippen molar-refractivity contribution in [1.29, 1.82) is 0 Å². The summed E-state index contributed by atoms with van der Waals surface area (Å²) >= 11 is 0. The molecule has 0 radical (unpaired) electrons. The minimum Gasteiger partial charge on any atom is -0.469 e. The second kappa shape index (κ2) is 7.83. The molecule has 3 unspecified atom stereocenters. The van der Waals surface area contributed by atoms with Crippen LogP contribution in [0.25, 0.3) is 0 Å². The largest absolute Gasteiger partial charge is 0.469 e. The lowest BCUT2D eigenvalue weighted by atomic mass is 9.98. The first kappa shape index (κ1) is 19.2. The quantitative estimate of drug-likeness (QED) is 0.620. The standard InChI is InChI=1S/C24H21FN4O2/c25-18-9-8-16(12-19(18)26)22-14-27-20(11-15-5-2-1-3-6-15)23-28-21(24(30)29(22)23)13-17-7-4-10-31-17/h1-10,12,14,20-22H,11,13,26H2/p+1. The minimum atomic E-state index is -0.562. The van der Waals surface area contributed by atoms with E-state index in [4.69, 9.17) is 15.1 Å². The fraction of sp³-hybridized carbons (Fsp3) is 0.208. The number of nitrogen functional groups attached to an aromatic ring is 1. The molecule has 0 fully saturated rings. The molecular weight excluding hydrogens is 395 g/mol. The highest BCUT2D eigenvalue weighted by atomic mass is 19.1. The smallest absolute Gasteiger partial charge is 0.254 e. The minimum absolute atomic E-state index is 0.0505. The van der Waals surface area contributed by atoms with Crippen LogP contribution in [0.15, 0.2) is 76.3 Å². The Morgan fingerprint density at radius 3 is 2.68 bits per heavy atom. The number of anilines is 1. The first-order valence-corrected chi connectivity index (χ1v) is 10.2. The van der Waals surface area contributed by atoms with Gasteiger partial charge in [-0.25, -0.2) is 9.38 Å². The number of nitrogens with zero attached hydrogens (tertiary/aromatic N) is 2. The van der Waals surface area contributed by atoms with Gasteiger partial charge in [-0.1, -0.05) is 36.4 Å². The van der Waals surface area contributed by atoms with Crippen molar-refractivity contribution in [1.82, 2.24) is 4.90 Å². The van der Waals surface area contributed by atoms with Crippen LogP contribution in [0.5, 0.6) is 0 Å². The Labute approximate surface area is 178 Å². The number of rotatable bonds is 5. The second-order valence-electron chi connectivity index (χ2n) is 7.80. The first-order valence-electron chi connectivity index (χ1n) is 10.2. The number of amidine groups is 1. The zero-order chi connectivity index (χ0) is 21.4. The van der Waals surface area contributed by atoms with Gasteiger partial charge in [-0.05, 0) is 35.4 Å². The number of benzene rings is 2. The van der Waals surface area contributed by atoms with Crippen molar-refractivity contribution in [3.63, 3.8) is 0 Å². The van der Waals surface area contributed by atoms with Gasteiger partial charge >= 0.3 is 0 Å². The topological polar surface area (TPSA) is 85.8 Å². The van der Waals surface area contributed by atoms with E-state index in [1.807, 2.05) is 30.5 Å². The zero-order valence-corrected chi connectivity index (χ0v) is 16.7. The summed E-state index contributed by atoms with van der Waals surface area (Å²) in [5, 5.41) is 0. The van der Waals surface area contributed by atoms with Gasteiger partial charge in [0.2, 0.25) is 6.04 Å². The number of nitrogens with two attached hydrogens (primary N) is 1. The van der Waals surface area contributed by atoms with Crippen molar-refractivity contribution >= 4 is 23.6 Å². The maximum atomic E-state index is 13.7. The van der Waals surface area contributed by atoms with Crippen LogP contribution in [0, 0.1) is 5.82 Å². The van der Waals surface area contributed by atoms with E-state index in [-0.39, 0.29) is 17.6 Å². The predicted octanol–water partition coefficient (Wildman–Crippen LogP) is 1.67. The van der Waals surface area contributed by atoms with E-state index in [0.717, 1.165) is 11.1 Å². The first-order chi connectivity index (χ1) is 15.1. The molecule has 31 heavy (non-hydrogen) atoms. The zero-order valence-electron chi connectivity index (χ0n) is 16.7. The third-order valence-corrected chi connectivity index (χ3v) is 5.72. The number of hydrogen-bond donors (Lipinski definition) is 2. The number of amides is 1. The SMILES string of the molecule is Nc1cc(C2C=[NH+]C(Cc3ccccc3)C3=NC(Cc4ccco4)C(=O)N32)ccc1F. The van der Waals surface area contributed by atoms with Gasteiger partial charge < -0.3 is 10.2 Å². The molecule has 0 saturated carbocycles. The van der Waals surface area contributed by atoms with Crippen LogP contribution in [-0.2, 0) is 17.6 Å². The van der Waals surface area contributed by atoms with Gasteiger partial charge in [0.05, 0.1) is 12.0 Å². The normalized spacial score (nSPS) is 22.5. The molecule has 1 amide bonds. The Hall–Kier alpha value is -3.74. The van der Waals surface area contributed by atoms with E-state index >= 15 is 0 Å². The number of halogens is 1. The molecule has 0 spiro atoms. The van der Waals surface area contributed by atoms with Crippen LogP contribution in [0.4, 0.5) is 10.1 Å². The van der Waals surface area contributed by atoms with Crippen LogP contribution >= 0.6 is 0 Å². The molecule has 0 aliphatic carbocycles. The van der Waals surface area contributed by atoms with Crippen LogP contribution in [0.1, 0.15) is 22.9 Å². The average Bonchev–Trinajstić information content (AvgIpc) is 3.40. The Bertz CT molecular complexity index is 1160. The van der Waals surface area contributed by atoms with Crippen LogP contribution in [-0.4, -0.2) is 34.9 Å². The molecule has 3 atom stereocenters. The van der Waals surface area contributed by atoms with Crippen LogP contribution < -0.4 is 10.7 Å². The van der Waals surface area contributed by atoms with Crippen molar-refractivity contribution in [3.8, 4) is 0 Å². The number of fused-ring (bicyclic) bond motifs is 1. The molecule has 7 heteroatoms. The fourth-order valence-corrected chi connectivity index (χ4v) is 4.19. The number of furan rings is 1. The molecule has 2 aliphatic heterocycles. The molecule has 2 aliphatic rings. The van der Waals surface area contributed by atoms with Crippen molar-refractivity contribution in [2.24, 2.45) is 4.99 Å². The van der Waals surface area contributed by atoms with E-state index in [1.165, 1.54) is 6.07 Å². The molecule has 3 aromatic rings. The average molecular weight is 417 g/mol. The Kier molecular flexibility index (Phi) is 4.86. The van der Waals surface area contributed by atoms with Crippen LogP contribution in [0.2, 0.25) is 0 Å². The monoisotopic (exact) mass is 417 g/mol. The number of aliphatic imine (C=N–C) groups is 1. The van der Waals surface area contributed by atoms with E-state index in [1.54, 1.807) is 29.4 Å². The van der Waals surface area contributed by atoms with Gasteiger partial charge in [-0.3, -0.25) is 14.7 Å². The van der Waals surface area contributed by atoms with Gasteiger partial charge in [-0.15, -0.1) is 0 Å². The molecule has 3 heterocycles. The highest BCUT2D eigenvalue weighted by Crippen LogP contribution is 2.30. The summed E-state index contributed by atoms with van der Waals surface area (Å²) in [6.45, 7) is 0.